The zero-order chi connectivity index (χ0) is 17.2. The number of rotatable bonds is 9. The molecule has 0 heterocycles. The molecule has 0 aliphatic rings. The number of hydrogen-bond donors (Lipinski definition) is 1. The van der Waals surface area contributed by atoms with Gasteiger partial charge in [0.2, 0.25) is 0 Å². The minimum Gasteiger partial charge on any atom is -0.484 e. The molecule has 0 atom stereocenters. The number of ether oxygens (including phenoxy) is 1. The third-order valence-corrected chi connectivity index (χ3v) is 3.93. The Hall–Kier alpha value is -2.33. The van der Waals surface area contributed by atoms with E-state index >= 15 is 0 Å². The molecule has 2 aromatic rings. The molecule has 0 saturated heterocycles. The van der Waals surface area contributed by atoms with E-state index in [1.165, 1.54) is 5.56 Å². The molecule has 0 fully saturated rings. The summed E-state index contributed by atoms with van der Waals surface area (Å²) in [4.78, 5) is 14.2. The van der Waals surface area contributed by atoms with Crippen LogP contribution in [0.25, 0.3) is 0 Å². The molecule has 0 saturated carbocycles. The second-order valence-electron chi connectivity index (χ2n) is 5.66. The third kappa shape index (κ3) is 6.05. The second-order valence-corrected chi connectivity index (χ2v) is 5.66. The standard InChI is InChI=1S/C20H26N2O2/c1-3-22(4-2)15-18-12-10-17(11-13-18)14-21-20(23)16-24-19-8-6-5-7-9-19/h5-13H,3-4,14-16H2,1-2H3,(H,21,23). The second kappa shape index (κ2) is 9.73. The van der Waals surface area contributed by atoms with E-state index in [9.17, 15) is 4.79 Å². The van der Waals surface area contributed by atoms with Crippen molar-refractivity contribution in [3.63, 3.8) is 0 Å². The van der Waals surface area contributed by atoms with Crippen LogP contribution in [-0.4, -0.2) is 30.5 Å². The molecular weight excluding hydrogens is 300 g/mol. The van der Waals surface area contributed by atoms with Gasteiger partial charge in [0, 0.05) is 13.1 Å². The van der Waals surface area contributed by atoms with Crippen molar-refractivity contribution in [2.45, 2.75) is 26.9 Å². The topological polar surface area (TPSA) is 41.6 Å². The van der Waals surface area contributed by atoms with Crippen LogP contribution in [0.15, 0.2) is 54.6 Å². The summed E-state index contributed by atoms with van der Waals surface area (Å²) in [5, 5.41) is 2.88. The highest BCUT2D eigenvalue weighted by atomic mass is 16.5. The van der Waals surface area contributed by atoms with Crippen LogP contribution >= 0.6 is 0 Å². The summed E-state index contributed by atoms with van der Waals surface area (Å²) in [5.41, 5.74) is 2.38. The number of hydrogen-bond acceptors (Lipinski definition) is 3. The van der Waals surface area contributed by atoms with E-state index in [1.807, 2.05) is 30.3 Å². The fourth-order valence-electron chi connectivity index (χ4n) is 2.39. The molecule has 0 bridgehead atoms. The maximum Gasteiger partial charge on any atom is 0.258 e. The molecule has 0 unspecified atom stereocenters. The average molecular weight is 326 g/mol. The molecule has 0 aliphatic carbocycles. The van der Waals surface area contributed by atoms with Crippen LogP contribution in [0.5, 0.6) is 5.75 Å². The maximum absolute atomic E-state index is 11.8. The van der Waals surface area contributed by atoms with Crippen molar-refractivity contribution < 1.29 is 9.53 Å². The molecule has 128 valence electrons. The Bertz CT molecular complexity index is 607. The Morgan fingerprint density at radius 3 is 2.21 bits per heavy atom. The first kappa shape index (κ1) is 18.0. The fourth-order valence-corrected chi connectivity index (χ4v) is 2.39. The Balaban J connectivity index is 1.74. The van der Waals surface area contributed by atoms with Crippen molar-refractivity contribution in [3.8, 4) is 5.75 Å². The molecule has 2 rings (SSSR count). The highest BCUT2D eigenvalue weighted by Crippen LogP contribution is 2.09. The molecule has 0 aliphatic heterocycles. The number of amides is 1. The van der Waals surface area contributed by atoms with Gasteiger partial charge in [-0.25, -0.2) is 0 Å². The van der Waals surface area contributed by atoms with E-state index in [0.29, 0.717) is 12.3 Å². The molecule has 0 radical (unpaired) electrons. The van der Waals surface area contributed by atoms with E-state index in [4.69, 9.17) is 4.74 Å². The van der Waals surface area contributed by atoms with Crippen LogP contribution in [0.1, 0.15) is 25.0 Å². The number of benzene rings is 2. The van der Waals surface area contributed by atoms with Gasteiger partial charge < -0.3 is 10.1 Å². The monoisotopic (exact) mass is 326 g/mol. The van der Waals surface area contributed by atoms with Crippen LogP contribution in [0.2, 0.25) is 0 Å². The van der Waals surface area contributed by atoms with Crippen LogP contribution in [0.3, 0.4) is 0 Å². The molecule has 2 aromatic carbocycles. The third-order valence-electron chi connectivity index (χ3n) is 3.93. The van der Waals surface area contributed by atoms with Crippen molar-refractivity contribution in [1.29, 1.82) is 0 Å². The van der Waals surface area contributed by atoms with Gasteiger partial charge >= 0.3 is 0 Å². The number of carbonyl (C=O) groups excluding carboxylic acids is 1. The number of para-hydroxylation sites is 1. The van der Waals surface area contributed by atoms with Crippen LogP contribution in [0.4, 0.5) is 0 Å². The maximum atomic E-state index is 11.8. The number of nitrogens with one attached hydrogen (secondary N) is 1. The predicted octanol–water partition coefficient (Wildman–Crippen LogP) is 3.22. The van der Waals surface area contributed by atoms with E-state index in [0.717, 1.165) is 25.2 Å². The minimum atomic E-state index is -0.119. The summed E-state index contributed by atoms with van der Waals surface area (Å²) >= 11 is 0. The van der Waals surface area contributed by atoms with Gasteiger partial charge in [-0.3, -0.25) is 9.69 Å². The molecule has 0 spiro atoms. The lowest BCUT2D eigenvalue weighted by molar-refractivity contribution is -0.123. The quantitative estimate of drug-likeness (QED) is 0.769. The summed E-state index contributed by atoms with van der Waals surface area (Å²) in [6, 6.07) is 17.7. The molecule has 4 heteroatoms. The first-order valence-electron chi connectivity index (χ1n) is 8.46. The minimum absolute atomic E-state index is 0.0318. The van der Waals surface area contributed by atoms with Gasteiger partial charge in [0.1, 0.15) is 5.75 Å². The first-order valence-corrected chi connectivity index (χ1v) is 8.46. The van der Waals surface area contributed by atoms with Gasteiger partial charge in [-0.15, -0.1) is 0 Å². The van der Waals surface area contributed by atoms with Gasteiger partial charge in [-0.05, 0) is 36.3 Å². The predicted molar refractivity (Wildman–Crippen MR) is 96.9 cm³/mol. The fraction of sp³-hybridized carbons (Fsp3) is 0.350. The lowest BCUT2D eigenvalue weighted by Gasteiger charge is -2.18. The van der Waals surface area contributed by atoms with E-state index in [1.54, 1.807) is 0 Å². The Labute approximate surface area is 144 Å². The zero-order valence-corrected chi connectivity index (χ0v) is 14.5. The van der Waals surface area contributed by atoms with Gasteiger partial charge in [0.15, 0.2) is 6.61 Å². The smallest absolute Gasteiger partial charge is 0.258 e. The van der Waals surface area contributed by atoms with Crippen molar-refractivity contribution in [3.05, 3.63) is 65.7 Å². The molecule has 24 heavy (non-hydrogen) atoms. The lowest BCUT2D eigenvalue weighted by Crippen LogP contribution is -2.28. The average Bonchev–Trinajstić information content (AvgIpc) is 2.64. The zero-order valence-electron chi connectivity index (χ0n) is 14.5. The van der Waals surface area contributed by atoms with Crippen molar-refractivity contribution in [1.82, 2.24) is 10.2 Å². The summed E-state index contributed by atoms with van der Waals surface area (Å²) in [6.07, 6.45) is 0. The van der Waals surface area contributed by atoms with Crippen molar-refractivity contribution in [2.24, 2.45) is 0 Å². The molecule has 1 amide bonds. The first-order chi connectivity index (χ1) is 11.7. The Kier molecular flexibility index (Phi) is 7.30. The molecule has 0 aromatic heterocycles. The Morgan fingerprint density at radius 1 is 0.958 bits per heavy atom. The number of carbonyl (C=O) groups is 1. The van der Waals surface area contributed by atoms with E-state index in [-0.39, 0.29) is 12.5 Å². The van der Waals surface area contributed by atoms with Gasteiger partial charge in [0.05, 0.1) is 0 Å². The lowest BCUT2D eigenvalue weighted by atomic mass is 10.1. The highest BCUT2D eigenvalue weighted by Gasteiger charge is 2.04. The summed E-state index contributed by atoms with van der Waals surface area (Å²) in [6.45, 7) is 7.96. The molecular formula is C20H26N2O2. The van der Waals surface area contributed by atoms with Crippen molar-refractivity contribution >= 4 is 5.91 Å². The summed E-state index contributed by atoms with van der Waals surface area (Å²) < 4.78 is 5.43. The van der Waals surface area contributed by atoms with Gasteiger partial charge in [0.25, 0.3) is 5.91 Å². The largest absolute Gasteiger partial charge is 0.484 e. The highest BCUT2D eigenvalue weighted by molar-refractivity contribution is 5.77. The van der Waals surface area contributed by atoms with Crippen LogP contribution in [-0.2, 0) is 17.9 Å². The van der Waals surface area contributed by atoms with E-state index in [2.05, 4.69) is 48.3 Å². The summed E-state index contributed by atoms with van der Waals surface area (Å²) in [7, 11) is 0. The molecule has 4 nitrogen and oxygen atoms in total. The summed E-state index contributed by atoms with van der Waals surface area (Å²) in [5.74, 6) is 0.583. The molecule has 1 N–H and O–H groups in total. The van der Waals surface area contributed by atoms with Crippen molar-refractivity contribution in [2.75, 3.05) is 19.7 Å². The van der Waals surface area contributed by atoms with Crippen LogP contribution < -0.4 is 10.1 Å². The van der Waals surface area contributed by atoms with Crippen LogP contribution in [0, 0.1) is 0 Å². The van der Waals surface area contributed by atoms with Gasteiger partial charge in [-0.1, -0.05) is 56.3 Å². The SMILES string of the molecule is CCN(CC)Cc1ccc(CNC(=O)COc2ccccc2)cc1. The van der Waals surface area contributed by atoms with E-state index < -0.39 is 0 Å². The van der Waals surface area contributed by atoms with Gasteiger partial charge in [-0.2, -0.15) is 0 Å². The number of nitrogens with zero attached hydrogens (tertiary/aromatic N) is 1. The Morgan fingerprint density at radius 2 is 1.58 bits per heavy atom. The normalized spacial score (nSPS) is 10.6.